The predicted octanol–water partition coefficient (Wildman–Crippen LogP) is 1.28. The summed E-state index contributed by atoms with van der Waals surface area (Å²) >= 11 is 0. The van der Waals surface area contributed by atoms with E-state index in [0.717, 1.165) is 16.9 Å². The molecule has 5 heteroatoms. The van der Waals surface area contributed by atoms with Crippen LogP contribution in [0.3, 0.4) is 0 Å². The topological polar surface area (TPSA) is 57.7 Å². The van der Waals surface area contributed by atoms with Gasteiger partial charge in [0.15, 0.2) is 0 Å². The highest BCUT2D eigenvalue weighted by atomic mass is 15.4. The van der Waals surface area contributed by atoms with Gasteiger partial charge in [-0.25, -0.2) is 4.68 Å². The van der Waals surface area contributed by atoms with Crippen LogP contribution in [0.4, 0.5) is 0 Å². The maximum absolute atomic E-state index is 9.31. The van der Waals surface area contributed by atoms with E-state index < -0.39 is 0 Å². The van der Waals surface area contributed by atoms with E-state index in [1.165, 1.54) is 0 Å². The Kier molecular flexibility index (Phi) is 2.16. The van der Waals surface area contributed by atoms with Gasteiger partial charge < -0.3 is 0 Å². The second-order valence-electron chi connectivity index (χ2n) is 4.14. The van der Waals surface area contributed by atoms with Crippen molar-refractivity contribution in [2.45, 2.75) is 12.6 Å². The fourth-order valence-electron chi connectivity index (χ4n) is 2.23. The van der Waals surface area contributed by atoms with Gasteiger partial charge in [0.1, 0.15) is 6.04 Å². The molecule has 2 aromatic rings. The third-order valence-electron chi connectivity index (χ3n) is 3.05. The van der Waals surface area contributed by atoms with Gasteiger partial charge in [-0.15, -0.1) is 5.10 Å². The molecule has 17 heavy (non-hydrogen) atoms. The quantitative estimate of drug-likeness (QED) is 0.677. The van der Waals surface area contributed by atoms with E-state index in [4.69, 9.17) is 0 Å². The number of benzene rings is 1. The summed E-state index contributed by atoms with van der Waals surface area (Å²) in [6, 6.07) is 9.93. The standard InChI is InChI=1S/C12H11N5/c1-16-8-9-7-14-15-17(9)11-5-3-2-4-10(11)12(16)6-13/h2-5,7,12H,8H2,1H3. The molecule has 1 unspecified atom stereocenters. The summed E-state index contributed by atoms with van der Waals surface area (Å²) in [4.78, 5) is 2.00. The van der Waals surface area contributed by atoms with Gasteiger partial charge in [0.2, 0.25) is 0 Å². The van der Waals surface area contributed by atoms with E-state index in [9.17, 15) is 5.26 Å². The van der Waals surface area contributed by atoms with Crippen molar-refractivity contribution >= 4 is 0 Å². The SMILES string of the molecule is CN1Cc2cnnn2-c2ccccc2C1C#N. The summed E-state index contributed by atoms with van der Waals surface area (Å²) < 4.78 is 1.81. The van der Waals surface area contributed by atoms with Crippen molar-refractivity contribution in [1.82, 2.24) is 19.9 Å². The molecule has 0 N–H and O–H groups in total. The average molecular weight is 225 g/mol. The molecule has 1 aliphatic rings. The number of rotatable bonds is 0. The minimum Gasteiger partial charge on any atom is -0.281 e. The van der Waals surface area contributed by atoms with E-state index in [2.05, 4.69) is 16.4 Å². The van der Waals surface area contributed by atoms with E-state index in [1.54, 1.807) is 6.20 Å². The molecule has 1 aromatic carbocycles. The van der Waals surface area contributed by atoms with Gasteiger partial charge in [0.25, 0.3) is 0 Å². The number of para-hydroxylation sites is 1. The molecule has 3 rings (SSSR count). The minimum absolute atomic E-state index is 0.243. The molecule has 1 aliphatic heterocycles. The van der Waals surface area contributed by atoms with Crippen molar-refractivity contribution in [1.29, 1.82) is 5.26 Å². The maximum atomic E-state index is 9.31. The van der Waals surface area contributed by atoms with Crippen LogP contribution in [-0.4, -0.2) is 26.9 Å². The van der Waals surface area contributed by atoms with Crippen molar-refractivity contribution in [2.75, 3.05) is 7.05 Å². The molecule has 0 fully saturated rings. The fourth-order valence-corrected chi connectivity index (χ4v) is 2.23. The first-order valence-corrected chi connectivity index (χ1v) is 5.40. The average Bonchev–Trinajstić information content (AvgIpc) is 2.75. The summed E-state index contributed by atoms with van der Waals surface area (Å²) in [7, 11) is 1.94. The molecular weight excluding hydrogens is 214 g/mol. The molecule has 0 aliphatic carbocycles. The summed E-state index contributed by atoms with van der Waals surface area (Å²) in [6.45, 7) is 0.667. The first-order valence-electron chi connectivity index (χ1n) is 5.40. The lowest BCUT2D eigenvalue weighted by atomic mass is 10.1. The highest BCUT2D eigenvalue weighted by Crippen LogP contribution is 2.29. The largest absolute Gasteiger partial charge is 0.281 e. The predicted molar refractivity (Wildman–Crippen MR) is 61.2 cm³/mol. The van der Waals surface area contributed by atoms with Crippen LogP contribution in [-0.2, 0) is 6.54 Å². The second-order valence-corrected chi connectivity index (χ2v) is 4.14. The molecule has 0 saturated carbocycles. The second kappa shape index (κ2) is 3.68. The number of nitrogens with zero attached hydrogens (tertiary/aromatic N) is 5. The van der Waals surface area contributed by atoms with Gasteiger partial charge in [0.05, 0.1) is 23.6 Å². The van der Waals surface area contributed by atoms with Gasteiger partial charge in [0, 0.05) is 12.1 Å². The molecule has 0 bridgehead atoms. The van der Waals surface area contributed by atoms with Crippen LogP contribution in [0.1, 0.15) is 17.3 Å². The number of fused-ring (bicyclic) bond motifs is 3. The smallest absolute Gasteiger partial charge is 0.126 e. The molecule has 1 atom stereocenters. The van der Waals surface area contributed by atoms with Gasteiger partial charge >= 0.3 is 0 Å². The zero-order valence-corrected chi connectivity index (χ0v) is 9.41. The summed E-state index contributed by atoms with van der Waals surface area (Å²) in [5.41, 5.74) is 2.91. The fraction of sp³-hybridized carbons (Fsp3) is 0.250. The van der Waals surface area contributed by atoms with Crippen LogP contribution in [0.2, 0.25) is 0 Å². The van der Waals surface area contributed by atoms with Crippen LogP contribution >= 0.6 is 0 Å². The molecule has 2 heterocycles. The molecule has 5 nitrogen and oxygen atoms in total. The molecule has 84 valence electrons. The molecular formula is C12H11N5. The molecule has 0 spiro atoms. The van der Waals surface area contributed by atoms with E-state index in [-0.39, 0.29) is 6.04 Å². The van der Waals surface area contributed by atoms with E-state index >= 15 is 0 Å². The Bertz CT molecular complexity index is 595. The third-order valence-corrected chi connectivity index (χ3v) is 3.05. The van der Waals surface area contributed by atoms with E-state index in [0.29, 0.717) is 6.54 Å². The molecule has 1 aromatic heterocycles. The monoisotopic (exact) mass is 225 g/mol. The first-order chi connectivity index (χ1) is 8.31. The van der Waals surface area contributed by atoms with Crippen molar-refractivity contribution in [3.8, 4) is 11.8 Å². The van der Waals surface area contributed by atoms with Crippen LogP contribution < -0.4 is 0 Å². The van der Waals surface area contributed by atoms with Crippen molar-refractivity contribution < 1.29 is 0 Å². The van der Waals surface area contributed by atoms with Gasteiger partial charge in [-0.1, -0.05) is 23.4 Å². The van der Waals surface area contributed by atoms with Crippen LogP contribution in [0, 0.1) is 11.3 Å². The Balaban J connectivity index is 2.29. The number of hydrogen-bond donors (Lipinski definition) is 0. The number of nitriles is 1. The molecule has 0 saturated heterocycles. The summed E-state index contributed by atoms with van der Waals surface area (Å²) in [6.07, 6.45) is 1.74. The van der Waals surface area contributed by atoms with Crippen molar-refractivity contribution in [2.24, 2.45) is 0 Å². The minimum atomic E-state index is -0.243. The maximum Gasteiger partial charge on any atom is 0.126 e. The Morgan fingerprint density at radius 1 is 1.41 bits per heavy atom. The van der Waals surface area contributed by atoms with Gasteiger partial charge in [-0.05, 0) is 13.1 Å². The van der Waals surface area contributed by atoms with Crippen LogP contribution in [0.25, 0.3) is 5.69 Å². The van der Waals surface area contributed by atoms with Gasteiger partial charge in [-0.3, -0.25) is 4.90 Å². The molecule has 0 radical (unpaired) electrons. The van der Waals surface area contributed by atoms with E-state index in [1.807, 2.05) is 40.9 Å². The van der Waals surface area contributed by atoms with Crippen LogP contribution in [0.5, 0.6) is 0 Å². The zero-order chi connectivity index (χ0) is 11.8. The Morgan fingerprint density at radius 3 is 3.06 bits per heavy atom. The lowest BCUT2D eigenvalue weighted by Crippen LogP contribution is -2.21. The lowest BCUT2D eigenvalue weighted by Gasteiger charge is -2.19. The summed E-state index contributed by atoms with van der Waals surface area (Å²) in [5.74, 6) is 0. The first kappa shape index (κ1) is 10.00. The Labute approximate surface area is 98.9 Å². The van der Waals surface area contributed by atoms with Crippen molar-refractivity contribution in [3.63, 3.8) is 0 Å². The Morgan fingerprint density at radius 2 is 2.24 bits per heavy atom. The normalized spacial score (nSPS) is 18.9. The zero-order valence-electron chi connectivity index (χ0n) is 9.41. The number of aromatic nitrogens is 3. The third kappa shape index (κ3) is 1.42. The highest BCUT2D eigenvalue weighted by molar-refractivity contribution is 5.46. The van der Waals surface area contributed by atoms with Crippen LogP contribution in [0.15, 0.2) is 30.5 Å². The number of hydrogen-bond acceptors (Lipinski definition) is 4. The van der Waals surface area contributed by atoms with Gasteiger partial charge in [-0.2, -0.15) is 5.26 Å². The Hall–Kier alpha value is -2.19. The highest BCUT2D eigenvalue weighted by Gasteiger charge is 2.26. The molecule has 0 amide bonds. The summed E-state index contributed by atoms with van der Waals surface area (Å²) in [5, 5.41) is 17.3. The van der Waals surface area contributed by atoms with Crippen molar-refractivity contribution in [3.05, 3.63) is 41.7 Å². The lowest BCUT2D eigenvalue weighted by molar-refractivity contribution is 0.284.